The molecule has 0 unspecified atom stereocenters. The number of hydrogen-bond donors (Lipinski definition) is 0. The lowest BCUT2D eigenvalue weighted by Crippen LogP contribution is -2.42. The van der Waals surface area contributed by atoms with E-state index in [-0.39, 0.29) is 5.91 Å². The molecule has 1 aromatic heterocycles. The molecule has 0 bridgehead atoms. The van der Waals surface area contributed by atoms with Gasteiger partial charge in [0.1, 0.15) is 0 Å². The van der Waals surface area contributed by atoms with Crippen molar-refractivity contribution < 1.29 is 9.53 Å². The minimum atomic E-state index is -0.581. The van der Waals surface area contributed by atoms with Gasteiger partial charge in [-0.15, -0.1) is 11.6 Å². The summed E-state index contributed by atoms with van der Waals surface area (Å²) < 4.78 is 7.38. The third kappa shape index (κ3) is 5.85. The van der Waals surface area contributed by atoms with Gasteiger partial charge in [-0.3, -0.25) is 4.79 Å². The van der Waals surface area contributed by atoms with E-state index in [9.17, 15) is 4.79 Å². The minimum Gasteiger partial charge on any atom is -0.385 e. The van der Waals surface area contributed by atoms with Gasteiger partial charge in [0.05, 0.1) is 12.0 Å². The number of benzene rings is 1. The summed E-state index contributed by atoms with van der Waals surface area (Å²) in [7, 11) is 1.68. The minimum absolute atomic E-state index is 0.0808. The van der Waals surface area contributed by atoms with Crippen LogP contribution in [0.3, 0.4) is 0 Å². The van der Waals surface area contributed by atoms with Gasteiger partial charge in [0.15, 0.2) is 0 Å². The molecule has 0 aliphatic heterocycles. The van der Waals surface area contributed by atoms with Crippen molar-refractivity contribution in [3.8, 4) is 0 Å². The SMILES string of the molecule is COCCCN(Cc1cccn1Cc1ccccc1C)C(=O)C(C)(C)CCl. The Labute approximate surface area is 168 Å². The Kier molecular flexibility index (Phi) is 7.93. The number of methoxy groups -OCH3 is 1. The third-order valence-corrected chi connectivity index (χ3v) is 5.52. The van der Waals surface area contributed by atoms with Gasteiger partial charge in [-0.1, -0.05) is 24.3 Å². The summed E-state index contributed by atoms with van der Waals surface area (Å²) in [6.07, 6.45) is 2.88. The topological polar surface area (TPSA) is 34.5 Å². The largest absolute Gasteiger partial charge is 0.385 e. The first kappa shape index (κ1) is 21.5. The van der Waals surface area contributed by atoms with Crippen LogP contribution >= 0.6 is 11.6 Å². The molecule has 148 valence electrons. The fourth-order valence-corrected chi connectivity index (χ4v) is 3.17. The summed E-state index contributed by atoms with van der Waals surface area (Å²) in [5, 5.41) is 0. The van der Waals surface area contributed by atoms with Crippen molar-refractivity contribution in [2.24, 2.45) is 5.41 Å². The fraction of sp³-hybridized carbons (Fsp3) is 0.500. The highest BCUT2D eigenvalue weighted by atomic mass is 35.5. The molecule has 0 aliphatic rings. The Hall–Kier alpha value is -1.78. The molecular formula is C22H31ClN2O2. The van der Waals surface area contributed by atoms with Crippen LogP contribution in [0.25, 0.3) is 0 Å². The molecule has 0 radical (unpaired) electrons. The molecule has 0 atom stereocenters. The number of amides is 1. The Morgan fingerprint density at radius 3 is 2.63 bits per heavy atom. The number of hydrogen-bond acceptors (Lipinski definition) is 2. The number of ether oxygens (including phenoxy) is 1. The quantitative estimate of drug-likeness (QED) is 0.443. The van der Waals surface area contributed by atoms with E-state index in [1.807, 2.05) is 24.8 Å². The number of carbonyl (C=O) groups excluding carboxylic acids is 1. The molecule has 4 nitrogen and oxygen atoms in total. The van der Waals surface area contributed by atoms with Crippen molar-refractivity contribution in [1.82, 2.24) is 9.47 Å². The van der Waals surface area contributed by atoms with E-state index in [0.717, 1.165) is 18.7 Å². The van der Waals surface area contributed by atoms with Crippen molar-refractivity contribution in [2.75, 3.05) is 26.1 Å². The van der Waals surface area contributed by atoms with Gasteiger partial charge in [-0.2, -0.15) is 0 Å². The normalized spacial score (nSPS) is 11.6. The Morgan fingerprint density at radius 2 is 1.96 bits per heavy atom. The average molecular weight is 391 g/mol. The van der Waals surface area contributed by atoms with Crippen LogP contribution in [0, 0.1) is 12.3 Å². The van der Waals surface area contributed by atoms with Gasteiger partial charge >= 0.3 is 0 Å². The first-order chi connectivity index (χ1) is 12.9. The highest BCUT2D eigenvalue weighted by Gasteiger charge is 2.31. The summed E-state index contributed by atoms with van der Waals surface area (Å²) >= 11 is 6.05. The molecule has 27 heavy (non-hydrogen) atoms. The van der Waals surface area contributed by atoms with Crippen LogP contribution in [0.5, 0.6) is 0 Å². The van der Waals surface area contributed by atoms with Crippen LogP contribution in [-0.2, 0) is 22.6 Å². The second-order valence-corrected chi connectivity index (χ2v) is 7.91. The van der Waals surface area contributed by atoms with Crippen LogP contribution in [-0.4, -0.2) is 41.5 Å². The zero-order valence-electron chi connectivity index (χ0n) is 16.9. The number of aromatic nitrogens is 1. The fourth-order valence-electron chi connectivity index (χ4n) is 3.05. The standard InChI is InChI=1S/C22H31ClN2O2/c1-18-9-5-6-10-19(18)15-24-12-7-11-20(24)16-25(13-8-14-27-4)21(26)22(2,3)17-23/h5-7,9-12H,8,13-17H2,1-4H3. The zero-order chi connectivity index (χ0) is 19.9. The molecule has 0 saturated carbocycles. The highest BCUT2D eigenvalue weighted by molar-refractivity contribution is 6.19. The van der Waals surface area contributed by atoms with Gasteiger partial charge in [0.25, 0.3) is 0 Å². The monoisotopic (exact) mass is 390 g/mol. The molecule has 2 aromatic rings. The molecule has 1 amide bonds. The predicted molar refractivity (Wildman–Crippen MR) is 111 cm³/mol. The van der Waals surface area contributed by atoms with Crippen molar-refractivity contribution in [3.63, 3.8) is 0 Å². The Bertz CT molecular complexity index is 739. The van der Waals surface area contributed by atoms with Crippen LogP contribution < -0.4 is 0 Å². The summed E-state index contributed by atoms with van der Waals surface area (Å²) in [4.78, 5) is 14.9. The molecule has 0 saturated heterocycles. The van der Waals surface area contributed by atoms with Crippen LogP contribution in [0.4, 0.5) is 0 Å². The second-order valence-electron chi connectivity index (χ2n) is 7.64. The van der Waals surface area contributed by atoms with Crippen LogP contribution in [0.15, 0.2) is 42.6 Å². The summed E-state index contributed by atoms with van der Waals surface area (Å²) in [6.45, 7) is 8.59. The lowest BCUT2D eigenvalue weighted by Gasteiger charge is -2.31. The van der Waals surface area contributed by atoms with Crippen LogP contribution in [0.1, 0.15) is 37.1 Å². The lowest BCUT2D eigenvalue weighted by atomic mass is 9.94. The molecule has 2 rings (SSSR count). The number of alkyl halides is 1. The maximum atomic E-state index is 13.0. The zero-order valence-corrected chi connectivity index (χ0v) is 17.6. The van der Waals surface area contributed by atoms with Crippen molar-refractivity contribution in [3.05, 3.63) is 59.4 Å². The molecule has 1 heterocycles. The van der Waals surface area contributed by atoms with Gasteiger partial charge in [0.2, 0.25) is 5.91 Å². The Morgan fingerprint density at radius 1 is 1.22 bits per heavy atom. The number of aryl methyl sites for hydroxylation is 1. The molecule has 1 aromatic carbocycles. The number of carbonyl (C=O) groups is 1. The molecular weight excluding hydrogens is 360 g/mol. The summed E-state index contributed by atoms with van der Waals surface area (Å²) in [6, 6.07) is 12.5. The third-order valence-electron chi connectivity index (χ3n) is 4.86. The van der Waals surface area contributed by atoms with E-state index in [1.54, 1.807) is 7.11 Å². The molecule has 0 N–H and O–H groups in total. The summed E-state index contributed by atoms with van der Waals surface area (Å²) in [5.41, 5.74) is 3.10. The van der Waals surface area contributed by atoms with Crippen molar-refractivity contribution >= 4 is 17.5 Å². The van der Waals surface area contributed by atoms with Crippen molar-refractivity contribution in [2.45, 2.75) is 40.3 Å². The van der Waals surface area contributed by atoms with E-state index >= 15 is 0 Å². The van der Waals surface area contributed by atoms with Gasteiger partial charge in [-0.25, -0.2) is 0 Å². The van der Waals surface area contributed by atoms with Gasteiger partial charge in [-0.05, 0) is 50.5 Å². The van der Waals surface area contributed by atoms with Crippen LogP contribution in [0.2, 0.25) is 0 Å². The van der Waals surface area contributed by atoms with E-state index in [4.69, 9.17) is 16.3 Å². The first-order valence-corrected chi connectivity index (χ1v) is 9.95. The lowest BCUT2D eigenvalue weighted by molar-refractivity contribution is -0.140. The maximum absolute atomic E-state index is 13.0. The average Bonchev–Trinajstić information content (AvgIpc) is 3.09. The smallest absolute Gasteiger partial charge is 0.229 e. The molecule has 5 heteroatoms. The van der Waals surface area contributed by atoms with Crippen molar-refractivity contribution in [1.29, 1.82) is 0 Å². The number of halogens is 1. The van der Waals surface area contributed by atoms with E-state index in [2.05, 4.69) is 48.0 Å². The van der Waals surface area contributed by atoms with E-state index in [1.165, 1.54) is 11.1 Å². The molecule has 0 aliphatic carbocycles. The van der Waals surface area contributed by atoms with Gasteiger partial charge < -0.3 is 14.2 Å². The Balaban J connectivity index is 2.18. The number of nitrogens with zero attached hydrogens (tertiary/aromatic N) is 2. The molecule has 0 fully saturated rings. The van der Waals surface area contributed by atoms with Gasteiger partial charge in [0, 0.05) is 44.6 Å². The summed E-state index contributed by atoms with van der Waals surface area (Å²) in [5.74, 6) is 0.383. The maximum Gasteiger partial charge on any atom is 0.229 e. The first-order valence-electron chi connectivity index (χ1n) is 9.42. The van der Waals surface area contributed by atoms with E-state index < -0.39 is 5.41 Å². The second kappa shape index (κ2) is 9.95. The number of rotatable bonds is 10. The highest BCUT2D eigenvalue weighted by Crippen LogP contribution is 2.23. The predicted octanol–water partition coefficient (Wildman–Crippen LogP) is 4.47. The molecule has 0 spiro atoms. The van der Waals surface area contributed by atoms with E-state index in [0.29, 0.717) is 25.6 Å².